The molecule has 0 saturated carbocycles. The van der Waals surface area contributed by atoms with E-state index in [4.69, 9.17) is 5.73 Å². The van der Waals surface area contributed by atoms with E-state index < -0.39 is 0 Å². The first-order valence-electron chi connectivity index (χ1n) is 3.70. The third-order valence-corrected chi connectivity index (χ3v) is 1.84. The maximum atomic E-state index is 5.55. The molecule has 0 saturated heterocycles. The molecule has 0 spiro atoms. The van der Waals surface area contributed by atoms with Crippen LogP contribution < -0.4 is 5.73 Å². The summed E-state index contributed by atoms with van der Waals surface area (Å²) in [7, 11) is 0. The van der Waals surface area contributed by atoms with Crippen LogP contribution in [-0.2, 0) is 6.54 Å². The van der Waals surface area contributed by atoms with Crippen molar-refractivity contribution in [2.24, 2.45) is 5.73 Å². The second-order valence-corrected chi connectivity index (χ2v) is 2.56. The number of nitrogens with two attached hydrogens (primary N) is 1. The Morgan fingerprint density at radius 2 is 2.27 bits per heavy atom. The zero-order valence-corrected chi connectivity index (χ0v) is 6.80. The van der Waals surface area contributed by atoms with Crippen molar-refractivity contribution < 1.29 is 0 Å². The maximum Gasteiger partial charge on any atom is 0.0184 e. The fraction of sp³-hybridized carbons (Fsp3) is 0.200. The van der Waals surface area contributed by atoms with E-state index in [-0.39, 0.29) is 0 Å². The lowest BCUT2D eigenvalue weighted by molar-refractivity contribution is 1.06. The van der Waals surface area contributed by atoms with Crippen LogP contribution in [0.2, 0.25) is 0 Å². The molecule has 0 radical (unpaired) electrons. The van der Waals surface area contributed by atoms with Gasteiger partial charge in [0.1, 0.15) is 0 Å². The highest BCUT2D eigenvalue weighted by molar-refractivity contribution is 5.56. The Labute approximate surface area is 67.5 Å². The normalized spacial score (nSPS) is 9.64. The molecule has 0 unspecified atom stereocenters. The van der Waals surface area contributed by atoms with Crippen LogP contribution in [0, 0.1) is 6.92 Å². The molecule has 1 nitrogen and oxygen atoms in total. The first-order valence-corrected chi connectivity index (χ1v) is 3.70. The largest absolute Gasteiger partial charge is 0.326 e. The molecular weight excluding hydrogens is 134 g/mol. The minimum atomic E-state index is 0.586. The lowest BCUT2D eigenvalue weighted by atomic mass is 10.0. The maximum absolute atomic E-state index is 5.55. The zero-order chi connectivity index (χ0) is 8.27. The van der Waals surface area contributed by atoms with Crippen LogP contribution in [0.4, 0.5) is 0 Å². The standard InChI is InChI=1S/C10H13N/c1-3-10-8(2)5-4-6-9(10)7-11/h3-6H,1,7,11H2,2H3. The van der Waals surface area contributed by atoms with Gasteiger partial charge in [-0.25, -0.2) is 0 Å². The van der Waals surface area contributed by atoms with Gasteiger partial charge in [0.15, 0.2) is 0 Å². The van der Waals surface area contributed by atoms with Gasteiger partial charge in [-0.2, -0.15) is 0 Å². The molecule has 1 rings (SSSR count). The molecule has 1 aromatic rings. The van der Waals surface area contributed by atoms with Gasteiger partial charge in [0.05, 0.1) is 0 Å². The predicted molar refractivity (Wildman–Crippen MR) is 49.2 cm³/mol. The lowest BCUT2D eigenvalue weighted by Crippen LogP contribution is -1.99. The molecule has 11 heavy (non-hydrogen) atoms. The van der Waals surface area contributed by atoms with E-state index in [9.17, 15) is 0 Å². The van der Waals surface area contributed by atoms with Crippen LogP contribution >= 0.6 is 0 Å². The summed E-state index contributed by atoms with van der Waals surface area (Å²) < 4.78 is 0. The zero-order valence-electron chi connectivity index (χ0n) is 6.80. The Balaban J connectivity index is 3.24. The number of hydrogen-bond donors (Lipinski definition) is 1. The van der Waals surface area contributed by atoms with Crippen LogP contribution in [-0.4, -0.2) is 0 Å². The molecule has 0 aromatic heterocycles. The van der Waals surface area contributed by atoms with Gasteiger partial charge < -0.3 is 5.73 Å². The first-order chi connectivity index (χ1) is 5.29. The highest BCUT2D eigenvalue weighted by Crippen LogP contribution is 2.14. The lowest BCUT2D eigenvalue weighted by Gasteiger charge is -2.05. The molecule has 0 aliphatic rings. The molecular formula is C10H13N. The summed E-state index contributed by atoms with van der Waals surface area (Å²) in [4.78, 5) is 0. The Kier molecular flexibility index (Phi) is 2.44. The summed E-state index contributed by atoms with van der Waals surface area (Å²) >= 11 is 0. The van der Waals surface area contributed by atoms with Crippen molar-refractivity contribution in [2.75, 3.05) is 0 Å². The fourth-order valence-corrected chi connectivity index (χ4v) is 1.21. The second kappa shape index (κ2) is 3.35. The van der Waals surface area contributed by atoms with Crippen LogP contribution in [0.5, 0.6) is 0 Å². The van der Waals surface area contributed by atoms with Crippen LogP contribution in [0.3, 0.4) is 0 Å². The van der Waals surface area contributed by atoms with E-state index in [1.807, 2.05) is 18.2 Å². The molecule has 0 fully saturated rings. The van der Waals surface area contributed by atoms with Gasteiger partial charge >= 0.3 is 0 Å². The monoisotopic (exact) mass is 147 g/mol. The van der Waals surface area contributed by atoms with Gasteiger partial charge in [-0.1, -0.05) is 30.9 Å². The third-order valence-electron chi connectivity index (χ3n) is 1.84. The van der Waals surface area contributed by atoms with Crippen LogP contribution in [0.15, 0.2) is 24.8 Å². The van der Waals surface area contributed by atoms with Gasteiger partial charge in [0, 0.05) is 6.54 Å². The molecule has 0 atom stereocenters. The molecule has 0 bridgehead atoms. The van der Waals surface area contributed by atoms with E-state index in [1.54, 1.807) is 0 Å². The van der Waals surface area contributed by atoms with Crippen molar-refractivity contribution in [1.29, 1.82) is 0 Å². The quantitative estimate of drug-likeness (QED) is 0.681. The molecule has 58 valence electrons. The van der Waals surface area contributed by atoms with Crippen molar-refractivity contribution >= 4 is 6.08 Å². The number of rotatable bonds is 2. The summed E-state index contributed by atoms with van der Waals surface area (Å²) in [5, 5.41) is 0. The Morgan fingerprint density at radius 1 is 1.55 bits per heavy atom. The summed E-state index contributed by atoms with van der Waals surface area (Å²) in [6.07, 6.45) is 1.86. The predicted octanol–water partition coefficient (Wildman–Crippen LogP) is 2.10. The SMILES string of the molecule is C=Cc1c(C)cccc1CN. The Hall–Kier alpha value is -1.08. The number of aryl methyl sites for hydroxylation is 1. The molecule has 2 N–H and O–H groups in total. The molecule has 1 heteroatoms. The molecule has 0 amide bonds. The highest BCUT2D eigenvalue weighted by Gasteiger charge is 1.98. The Bertz CT molecular complexity index is 264. The van der Waals surface area contributed by atoms with Crippen molar-refractivity contribution in [3.05, 3.63) is 41.5 Å². The van der Waals surface area contributed by atoms with E-state index in [0.717, 1.165) is 0 Å². The van der Waals surface area contributed by atoms with Gasteiger partial charge in [-0.3, -0.25) is 0 Å². The van der Waals surface area contributed by atoms with E-state index in [0.29, 0.717) is 6.54 Å². The van der Waals surface area contributed by atoms with Crippen molar-refractivity contribution in [3.63, 3.8) is 0 Å². The fourth-order valence-electron chi connectivity index (χ4n) is 1.21. The van der Waals surface area contributed by atoms with Gasteiger partial charge in [-0.15, -0.1) is 0 Å². The summed E-state index contributed by atoms with van der Waals surface area (Å²) in [6, 6.07) is 6.12. The summed E-state index contributed by atoms with van der Waals surface area (Å²) in [5.74, 6) is 0. The molecule has 0 heterocycles. The number of hydrogen-bond acceptors (Lipinski definition) is 1. The van der Waals surface area contributed by atoms with Crippen LogP contribution in [0.1, 0.15) is 16.7 Å². The molecule has 1 aromatic carbocycles. The molecule has 0 aliphatic carbocycles. The smallest absolute Gasteiger partial charge is 0.0184 e. The van der Waals surface area contributed by atoms with Crippen LogP contribution in [0.25, 0.3) is 6.08 Å². The van der Waals surface area contributed by atoms with Crippen molar-refractivity contribution in [2.45, 2.75) is 13.5 Å². The number of benzene rings is 1. The topological polar surface area (TPSA) is 26.0 Å². The first kappa shape index (κ1) is 8.02. The average Bonchev–Trinajstić information content (AvgIpc) is 2.04. The highest BCUT2D eigenvalue weighted by atomic mass is 14.5. The summed E-state index contributed by atoms with van der Waals surface area (Å²) in [6.45, 7) is 6.40. The van der Waals surface area contributed by atoms with E-state index >= 15 is 0 Å². The minimum absolute atomic E-state index is 0.586. The minimum Gasteiger partial charge on any atom is -0.326 e. The average molecular weight is 147 g/mol. The van der Waals surface area contributed by atoms with Crippen molar-refractivity contribution in [3.8, 4) is 0 Å². The Morgan fingerprint density at radius 3 is 2.73 bits per heavy atom. The molecule has 0 aliphatic heterocycles. The third kappa shape index (κ3) is 1.49. The summed E-state index contributed by atoms with van der Waals surface area (Å²) in [5.41, 5.74) is 9.13. The van der Waals surface area contributed by atoms with Gasteiger partial charge in [-0.05, 0) is 23.6 Å². The van der Waals surface area contributed by atoms with Gasteiger partial charge in [0.25, 0.3) is 0 Å². The van der Waals surface area contributed by atoms with Gasteiger partial charge in [0.2, 0.25) is 0 Å². The van der Waals surface area contributed by atoms with E-state index in [2.05, 4.69) is 19.6 Å². The van der Waals surface area contributed by atoms with E-state index in [1.165, 1.54) is 16.7 Å². The van der Waals surface area contributed by atoms with Crippen molar-refractivity contribution in [1.82, 2.24) is 0 Å². The second-order valence-electron chi connectivity index (χ2n) is 2.56.